The van der Waals surface area contributed by atoms with Gasteiger partial charge in [0.25, 0.3) is 0 Å². The highest BCUT2D eigenvalue weighted by Gasteiger charge is 2.08. The van der Waals surface area contributed by atoms with Crippen LogP contribution in [0.1, 0.15) is 5.56 Å². The van der Waals surface area contributed by atoms with Gasteiger partial charge in [-0.15, -0.1) is 0 Å². The SMILES string of the molecule is Cc1cccc(Nc2nccc(-c3ccnc4[nH]ncc34)n2)c1. The van der Waals surface area contributed by atoms with Crippen LogP contribution >= 0.6 is 0 Å². The minimum atomic E-state index is 0.557. The third-order valence-corrected chi connectivity index (χ3v) is 3.56. The van der Waals surface area contributed by atoms with Crippen LogP contribution in [0.4, 0.5) is 11.6 Å². The molecule has 4 rings (SSSR count). The first-order valence-corrected chi connectivity index (χ1v) is 7.25. The van der Waals surface area contributed by atoms with Gasteiger partial charge in [-0.05, 0) is 36.8 Å². The van der Waals surface area contributed by atoms with E-state index < -0.39 is 0 Å². The third kappa shape index (κ3) is 2.62. The lowest BCUT2D eigenvalue weighted by Gasteiger charge is -2.07. The first kappa shape index (κ1) is 13.4. The van der Waals surface area contributed by atoms with E-state index in [9.17, 15) is 0 Å². The molecule has 112 valence electrons. The molecule has 0 unspecified atom stereocenters. The fraction of sp³-hybridized carbons (Fsp3) is 0.0588. The van der Waals surface area contributed by atoms with Crippen molar-refractivity contribution >= 4 is 22.7 Å². The van der Waals surface area contributed by atoms with E-state index >= 15 is 0 Å². The van der Waals surface area contributed by atoms with Crippen LogP contribution in [0.15, 0.2) is 55.0 Å². The average molecular weight is 302 g/mol. The Bertz CT molecular complexity index is 975. The maximum absolute atomic E-state index is 4.61. The number of nitrogens with zero attached hydrogens (tertiary/aromatic N) is 4. The second-order valence-corrected chi connectivity index (χ2v) is 5.25. The Balaban J connectivity index is 1.73. The second-order valence-electron chi connectivity index (χ2n) is 5.25. The molecule has 3 heterocycles. The quantitative estimate of drug-likeness (QED) is 0.606. The summed E-state index contributed by atoms with van der Waals surface area (Å²) >= 11 is 0. The van der Waals surface area contributed by atoms with E-state index in [0.29, 0.717) is 5.95 Å². The number of hydrogen-bond acceptors (Lipinski definition) is 5. The van der Waals surface area contributed by atoms with E-state index in [0.717, 1.165) is 28.0 Å². The Labute approximate surface area is 132 Å². The second kappa shape index (κ2) is 5.49. The number of anilines is 2. The Hall–Kier alpha value is -3.28. The molecular weight excluding hydrogens is 288 g/mol. The highest BCUT2D eigenvalue weighted by atomic mass is 15.1. The summed E-state index contributed by atoms with van der Waals surface area (Å²) in [6.45, 7) is 2.05. The molecule has 0 spiro atoms. The zero-order chi connectivity index (χ0) is 15.6. The van der Waals surface area contributed by atoms with Gasteiger partial charge in [0, 0.05) is 29.0 Å². The molecule has 4 aromatic rings. The Morgan fingerprint density at radius 1 is 1.04 bits per heavy atom. The Morgan fingerprint density at radius 2 is 1.96 bits per heavy atom. The van der Waals surface area contributed by atoms with Crippen LogP contribution in [0.3, 0.4) is 0 Å². The lowest BCUT2D eigenvalue weighted by molar-refractivity contribution is 1.10. The van der Waals surface area contributed by atoms with E-state index in [1.807, 2.05) is 24.3 Å². The minimum absolute atomic E-state index is 0.557. The lowest BCUT2D eigenvalue weighted by Crippen LogP contribution is -1.98. The first-order chi connectivity index (χ1) is 11.3. The molecule has 0 saturated heterocycles. The van der Waals surface area contributed by atoms with Crippen LogP contribution in [-0.4, -0.2) is 25.1 Å². The predicted molar refractivity (Wildman–Crippen MR) is 89.4 cm³/mol. The zero-order valence-corrected chi connectivity index (χ0v) is 12.5. The van der Waals surface area contributed by atoms with Crippen LogP contribution < -0.4 is 5.32 Å². The summed E-state index contributed by atoms with van der Waals surface area (Å²) in [6.07, 6.45) is 5.24. The summed E-state index contributed by atoms with van der Waals surface area (Å²) in [5.74, 6) is 0.557. The molecule has 6 heteroatoms. The summed E-state index contributed by atoms with van der Waals surface area (Å²) in [7, 11) is 0. The number of benzene rings is 1. The summed E-state index contributed by atoms with van der Waals surface area (Å²) in [5.41, 5.74) is 4.68. The standard InChI is InChI=1S/C17H14N6/c1-11-3-2-4-12(9-11)21-17-19-8-6-15(22-17)13-5-7-18-16-14(13)10-20-23-16/h2-10H,1H3,(H,18,20,23)(H,19,21,22). The zero-order valence-electron chi connectivity index (χ0n) is 12.5. The highest BCUT2D eigenvalue weighted by molar-refractivity contribution is 5.90. The molecule has 0 atom stereocenters. The van der Waals surface area contributed by atoms with Gasteiger partial charge in [0.2, 0.25) is 5.95 Å². The van der Waals surface area contributed by atoms with Gasteiger partial charge >= 0.3 is 0 Å². The lowest BCUT2D eigenvalue weighted by atomic mass is 10.1. The fourth-order valence-electron chi connectivity index (χ4n) is 2.50. The largest absolute Gasteiger partial charge is 0.324 e. The van der Waals surface area contributed by atoms with Gasteiger partial charge in [0.15, 0.2) is 5.65 Å². The molecule has 0 aliphatic carbocycles. The van der Waals surface area contributed by atoms with Crippen LogP contribution in [0.2, 0.25) is 0 Å². The Morgan fingerprint density at radius 3 is 2.87 bits per heavy atom. The van der Waals surface area contributed by atoms with Crippen molar-refractivity contribution in [3.63, 3.8) is 0 Å². The molecule has 0 amide bonds. The summed E-state index contributed by atoms with van der Waals surface area (Å²) in [5, 5.41) is 11.1. The molecule has 0 saturated carbocycles. The molecule has 0 aliphatic heterocycles. The van der Waals surface area contributed by atoms with Crippen molar-refractivity contribution in [1.29, 1.82) is 0 Å². The van der Waals surface area contributed by atoms with Gasteiger partial charge in [-0.2, -0.15) is 5.10 Å². The molecule has 6 nitrogen and oxygen atoms in total. The van der Waals surface area contributed by atoms with E-state index in [-0.39, 0.29) is 0 Å². The van der Waals surface area contributed by atoms with Gasteiger partial charge in [-0.25, -0.2) is 15.0 Å². The molecule has 1 aromatic carbocycles. The normalized spacial score (nSPS) is 10.8. The number of hydrogen-bond donors (Lipinski definition) is 2. The molecule has 0 bridgehead atoms. The molecule has 0 radical (unpaired) electrons. The van der Waals surface area contributed by atoms with Crippen molar-refractivity contribution in [3.05, 3.63) is 60.6 Å². The third-order valence-electron chi connectivity index (χ3n) is 3.56. The molecule has 23 heavy (non-hydrogen) atoms. The maximum atomic E-state index is 4.61. The molecule has 3 aromatic heterocycles. The van der Waals surface area contributed by atoms with Crippen molar-refractivity contribution in [2.45, 2.75) is 6.92 Å². The smallest absolute Gasteiger partial charge is 0.227 e. The van der Waals surface area contributed by atoms with Crippen LogP contribution in [0.5, 0.6) is 0 Å². The first-order valence-electron chi connectivity index (χ1n) is 7.25. The van der Waals surface area contributed by atoms with E-state index in [1.54, 1.807) is 18.6 Å². The number of H-pyrrole nitrogens is 1. The summed E-state index contributed by atoms with van der Waals surface area (Å²) < 4.78 is 0. The number of aryl methyl sites for hydroxylation is 1. The molecular formula is C17H14N6. The molecule has 2 N–H and O–H groups in total. The number of aromatic nitrogens is 5. The monoisotopic (exact) mass is 302 g/mol. The van der Waals surface area contributed by atoms with Crippen molar-refractivity contribution in [2.24, 2.45) is 0 Å². The van der Waals surface area contributed by atoms with Crippen LogP contribution in [-0.2, 0) is 0 Å². The number of pyridine rings is 1. The topological polar surface area (TPSA) is 79.4 Å². The van der Waals surface area contributed by atoms with E-state index in [1.165, 1.54) is 5.56 Å². The van der Waals surface area contributed by atoms with E-state index in [2.05, 4.69) is 49.5 Å². The number of rotatable bonds is 3. The maximum Gasteiger partial charge on any atom is 0.227 e. The van der Waals surface area contributed by atoms with Crippen LogP contribution in [0, 0.1) is 6.92 Å². The molecule has 0 aliphatic rings. The average Bonchev–Trinajstić information content (AvgIpc) is 3.03. The summed E-state index contributed by atoms with van der Waals surface area (Å²) in [4.78, 5) is 13.2. The predicted octanol–water partition coefficient (Wildman–Crippen LogP) is 3.47. The van der Waals surface area contributed by atoms with Gasteiger partial charge in [0.1, 0.15) is 0 Å². The van der Waals surface area contributed by atoms with Crippen molar-refractivity contribution in [1.82, 2.24) is 25.1 Å². The van der Waals surface area contributed by atoms with Crippen molar-refractivity contribution in [3.8, 4) is 11.3 Å². The van der Waals surface area contributed by atoms with Crippen molar-refractivity contribution < 1.29 is 0 Å². The molecule has 0 fully saturated rings. The summed E-state index contributed by atoms with van der Waals surface area (Å²) in [6, 6.07) is 11.9. The highest BCUT2D eigenvalue weighted by Crippen LogP contribution is 2.25. The van der Waals surface area contributed by atoms with Gasteiger partial charge in [0.05, 0.1) is 11.9 Å². The number of aromatic amines is 1. The van der Waals surface area contributed by atoms with Gasteiger partial charge in [-0.3, -0.25) is 5.10 Å². The Kier molecular flexibility index (Phi) is 3.20. The number of fused-ring (bicyclic) bond motifs is 1. The minimum Gasteiger partial charge on any atom is -0.324 e. The number of nitrogens with one attached hydrogen (secondary N) is 2. The van der Waals surface area contributed by atoms with Crippen molar-refractivity contribution in [2.75, 3.05) is 5.32 Å². The van der Waals surface area contributed by atoms with Gasteiger partial charge < -0.3 is 5.32 Å². The van der Waals surface area contributed by atoms with Gasteiger partial charge in [-0.1, -0.05) is 12.1 Å². The van der Waals surface area contributed by atoms with E-state index in [4.69, 9.17) is 0 Å². The van der Waals surface area contributed by atoms with Crippen LogP contribution in [0.25, 0.3) is 22.3 Å². The fourth-order valence-corrected chi connectivity index (χ4v) is 2.50.